The van der Waals surface area contributed by atoms with Crippen LogP contribution in [-0.4, -0.2) is 44.3 Å². The van der Waals surface area contributed by atoms with Gasteiger partial charge >= 0.3 is 15.5 Å². The Kier molecular flexibility index (Phi) is 6.44. The Labute approximate surface area is 156 Å². The van der Waals surface area contributed by atoms with Gasteiger partial charge in [-0.1, -0.05) is 11.6 Å². The van der Waals surface area contributed by atoms with Crippen LogP contribution in [0, 0.1) is 0 Å². The lowest BCUT2D eigenvalue weighted by molar-refractivity contribution is -0.0438. The van der Waals surface area contributed by atoms with E-state index in [0.717, 1.165) is 32.4 Å². The Bertz CT molecular complexity index is 775. The number of anilines is 1. The second kappa shape index (κ2) is 8.04. The van der Waals surface area contributed by atoms with Gasteiger partial charge in [0.05, 0.1) is 11.4 Å². The number of halogens is 4. The molecular weight excluding hydrogens is 391 g/mol. The minimum atomic E-state index is -5.52. The predicted octanol–water partition coefficient (Wildman–Crippen LogP) is 4.23. The molecule has 0 N–H and O–H groups in total. The quantitative estimate of drug-likeness (QED) is 0.681. The van der Waals surface area contributed by atoms with Crippen molar-refractivity contribution in [3.8, 4) is 0 Å². The maximum absolute atomic E-state index is 13.0. The first-order valence-corrected chi connectivity index (χ1v) is 10.1. The number of piperidine rings is 1. The average molecular weight is 412 g/mol. The van der Waals surface area contributed by atoms with Gasteiger partial charge in [-0.15, -0.1) is 0 Å². The number of sulfonamides is 1. The molecule has 1 heterocycles. The maximum Gasteiger partial charge on any atom is 0.516 e. The van der Waals surface area contributed by atoms with E-state index in [1.807, 2.05) is 5.01 Å². The summed E-state index contributed by atoms with van der Waals surface area (Å²) in [5.41, 5.74) is -4.80. The molecule has 10 heteroatoms. The van der Waals surface area contributed by atoms with Gasteiger partial charge < -0.3 is 0 Å². The van der Waals surface area contributed by atoms with Crippen molar-refractivity contribution >= 4 is 33.0 Å². The number of hydrazone groups is 1. The topological polar surface area (TPSA) is 53.0 Å². The maximum atomic E-state index is 13.0. The van der Waals surface area contributed by atoms with E-state index >= 15 is 0 Å². The third kappa shape index (κ3) is 4.43. The SMILES string of the molecule is CCN(c1ccc(Cl)cc1C(C)=NN1CCCCC1)S(=O)(=O)C(F)(F)F. The van der Waals surface area contributed by atoms with Crippen molar-refractivity contribution in [2.45, 2.75) is 38.6 Å². The van der Waals surface area contributed by atoms with Crippen molar-refractivity contribution in [1.29, 1.82) is 0 Å². The highest BCUT2D eigenvalue weighted by Gasteiger charge is 2.50. The normalized spacial score (nSPS) is 16.7. The van der Waals surface area contributed by atoms with Crippen molar-refractivity contribution in [3.63, 3.8) is 0 Å². The fraction of sp³-hybridized carbons (Fsp3) is 0.562. The van der Waals surface area contributed by atoms with Gasteiger partial charge in [0.2, 0.25) is 0 Å². The van der Waals surface area contributed by atoms with Crippen LogP contribution in [-0.2, 0) is 10.0 Å². The van der Waals surface area contributed by atoms with Crippen LogP contribution in [0.1, 0.15) is 38.7 Å². The first-order valence-electron chi connectivity index (χ1n) is 8.27. The monoisotopic (exact) mass is 411 g/mol. The zero-order valence-corrected chi connectivity index (χ0v) is 16.1. The molecule has 0 aliphatic carbocycles. The number of alkyl halides is 3. The molecule has 146 valence electrons. The molecule has 0 bridgehead atoms. The summed E-state index contributed by atoms with van der Waals surface area (Å²) in [5, 5.41) is 6.59. The number of rotatable bonds is 5. The molecule has 2 rings (SSSR count). The Balaban J connectivity index is 2.51. The Morgan fingerprint density at radius 1 is 1.27 bits per heavy atom. The van der Waals surface area contributed by atoms with E-state index in [9.17, 15) is 21.6 Å². The number of nitrogens with zero attached hydrogens (tertiary/aromatic N) is 3. The summed E-state index contributed by atoms with van der Waals surface area (Å²) in [4.78, 5) is 0. The van der Waals surface area contributed by atoms with Crippen molar-refractivity contribution in [2.24, 2.45) is 5.10 Å². The molecule has 1 saturated heterocycles. The molecule has 0 aromatic heterocycles. The number of benzene rings is 1. The molecule has 26 heavy (non-hydrogen) atoms. The molecule has 0 amide bonds. The molecule has 1 fully saturated rings. The summed E-state index contributed by atoms with van der Waals surface area (Å²) in [6.07, 6.45) is 3.09. The van der Waals surface area contributed by atoms with Crippen LogP contribution in [0.2, 0.25) is 5.02 Å². The molecular formula is C16H21ClF3N3O2S. The van der Waals surface area contributed by atoms with Gasteiger partial charge in [-0.05, 0) is 51.3 Å². The Morgan fingerprint density at radius 3 is 2.42 bits per heavy atom. The lowest BCUT2D eigenvalue weighted by Crippen LogP contribution is -2.41. The molecule has 5 nitrogen and oxygen atoms in total. The first-order chi connectivity index (χ1) is 12.1. The third-order valence-electron chi connectivity index (χ3n) is 4.11. The molecule has 0 spiro atoms. The minimum absolute atomic E-state index is 0.0903. The first kappa shape index (κ1) is 20.8. The highest BCUT2D eigenvalue weighted by molar-refractivity contribution is 7.93. The van der Waals surface area contributed by atoms with E-state index in [2.05, 4.69) is 5.10 Å². The fourth-order valence-electron chi connectivity index (χ4n) is 2.85. The van der Waals surface area contributed by atoms with Crippen molar-refractivity contribution in [3.05, 3.63) is 28.8 Å². The smallest absolute Gasteiger partial charge is 0.297 e. The van der Waals surface area contributed by atoms with Gasteiger partial charge in [-0.25, -0.2) is 0 Å². The predicted molar refractivity (Wildman–Crippen MR) is 97.1 cm³/mol. The fourth-order valence-corrected chi connectivity index (χ4v) is 4.03. The third-order valence-corrected chi connectivity index (χ3v) is 5.97. The van der Waals surface area contributed by atoms with E-state index in [1.54, 1.807) is 6.92 Å². The van der Waals surface area contributed by atoms with Crippen LogP contribution in [0.25, 0.3) is 0 Å². The van der Waals surface area contributed by atoms with Crippen molar-refractivity contribution in [1.82, 2.24) is 5.01 Å². The molecule has 1 aromatic carbocycles. The van der Waals surface area contributed by atoms with Gasteiger partial charge in [0.1, 0.15) is 0 Å². The van der Waals surface area contributed by atoms with Crippen molar-refractivity contribution < 1.29 is 21.6 Å². The number of hydrogen-bond acceptors (Lipinski definition) is 4. The lowest BCUT2D eigenvalue weighted by Gasteiger charge is -2.27. The van der Waals surface area contributed by atoms with Crippen molar-refractivity contribution in [2.75, 3.05) is 23.9 Å². The van der Waals surface area contributed by atoms with Gasteiger partial charge in [0, 0.05) is 30.2 Å². The van der Waals surface area contributed by atoms with E-state index in [4.69, 9.17) is 11.6 Å². The molecule has 0 unspecified atom stereocenters. The van der Waals surface area contributed by atoms with E-state index in [-0.39, 0.29) is 22.8 Å². The Morgan fingerprint density at radius 2 is 1.88 bits per heavy atom. The van der Waals surface area contributed by atoms with Crippen LogP contribution in [0.3, 0.4) is 0 Å². The molecule has 1 aliphatic heterocycles. The second-order valence-corrected chi connectivity index (χ2v) is 8.27. The highest BCUT2D eigenvalue weighted by atomic mass is 35.5. The zero-order chi connectivity index (χ0) is 19.5. The summed E-state index contributed by atoms with van der Waals surface area (Å²) < 4.78 is 63.4. The standard InChI is InChI=1S/C16H21ClF3N3O2S/c1-3-23(26(24,25)16(18,19)20)15-8-7-13(17)11-14(15)12(2)21-22-9-5-4-6-10-22/h7-8,11H,3-6,9-10H2,1-2H3. The summed E-state index contributed by atoms with van der Waals surface area (Å²) in [5.74, 6) is 0. The lowest BCUT2D eigenvalue weighted by atomic mass is 10.1. The summed E-state index contributed by atoms with van der Waals surface area (Å²) >= 11 is 6.00. The zero-order valence-electron chi connectivity index (χ0n) is 14.6. The minimum Gasteiger partial charge on any atom is -0.297 e. The Hall–Kier alpha value is -1.48. The van der Waals surface area contributed by atoms with Gasteiger partial charge in [0.15, 0.2) is 0 Å². The molecule has 0 atom stereocenters. The van der Waals surface area contributed by atoms with Gasteiger partial charge in [-0.3, -0.25) is 9.31 Å². The van der Waals surface area contributed by atoms with Crippen LogP contribution < -0.4 is 4.31 Å². The molecule has 0 radical (unpaired) electrons. The average Bonchev–Trinajstić information content (AvgIpc) is 2.56. The van der Waals surface area contributed by atoms with Crippen LogP contribution >= 0.6 is 11.6 Å². The summed E-state index contributed by atoms with van der Waals surface area (Å²) in [6, 6.07) is 4.08. The van der Waals surface area contributed by atoms with E-state index < -0.39 is 15.5 Å². The van der Waals surface area contributed by atoms with Crippen LogP contribution in [0.15, 0.2) is 23.3 Å². The molecule has 0 saturated carbocycles. The van der Waals surface area contributed by atoms with Crippen LogP contribution in [0.4, 0.5) is 18.9 Å². The van der Waals surface area contributed by atoms with E-state index in [0.29, 0.717) is 10.0 Å². The molecule has 1 aliphatic rings. The summed E-state index contributed by atoms with van der Waals surface area (Å²) in [7, 11) is -5.52. The second-order valence-electron chi connectivity index (χ2n) is 5.98. The number of hydrogen-bond donors (Lipinski definition) is 0. The van der Waals surface area contributed by atoms with E-state index in [1.165, 1.54) is 25.1 Å². The molecule has 1 aromatic rings. The van der Waals surface area contributed by atoms with Gasteiger partial charge in [0.25, 0.3) is 0 Å². The van der Waals surface area contributed by atoms with Crippen LogP contribution in [0.5, 0.6) is 0 Å². The van der Waals surface area contributed by atoms with Gasteiger partial charge in [-0.2, -0.15) is 26.7 Å². The largest absolute Gasteiger partial charge is 0.516 e. The summed E-state index contributed by atoms with van der Waals surface area (Å²) in [6.45, 7) is 4.13. The highest BCUT2D eigenvalue weighted by Crippen LogP contribution is 2.34.